The molecule has 1 aromatic rings. The topological polar surface area (TPSA) is 79.5 Å². The van der Waals surface area contributed by atoms with Crippen molar-refractivity contribution in [1.82, 2.24) is 5.32 Å². The summed E-state index contributed by atoms with van der Waals surface area (Å²) in [5.41, 5.74) is 9.73. The second kappa shape index (κ2) is 7.82. The van der Waals surface area contributed by atoms with Crippen LogP contribution in [0.4, 0.5) is 5.69 Å². The van der Waals surface area contributed by atoms with Crippen molar-refractivity contribution in [2.45, 2.75) is 52.0 Å². The fraction of sp³-hybridized carbons (Fsp3) is 0.529. The molecule has 0 atom stereocenters. The molecule has 22 heavy (non-hydrogen) atoms. The van der Waals surface area contributed by atoms with Crippen molar-refractivity contribution < 1.29 is 4.79 Å². The van der Waals surface area contributed by atoms with Crippen LogP contribution in [0.25, 0.3) is 0 Å². The summed E-state index contributed by atoms with van der Waals surface area (Å²) >= 11 is 0. The van der Waals surface area contributed by atoms with Crippen molar-refractivity contribution in [1.29, 1.82) is 0 Å². The van der Waals surface area contributed by atoms with Gasteiger partial charge in [0.25, 0.3) is 0 Å². The van der Waals surface area contributed by atoms with Crippen molar-refractivity contribution in [2.24, 2.45) is 10.7 Å². The van der Waals surface area contributed by atoms with Crippen molar-refractivity contribution in [3.63, 3.8) is 0 Å². The predicted octanol–water partition coefficient (Wildman–Crippen LogP) is 2.21. The Morgan fingerprint density at radius 2 is 2.09 bits per heavy atom. The van der Waals surface area contributed by atoms with E-state index in [0.29, 0.717) is 18.9 Å². The first-order chi connectivity index (χ1) is 10.6. The van der Waals surface area contributed by atoms with E-state index in [1.165, 1.54) is 24.0 Å². The number of aliphatic imine (C=N–C) groups is 1. The van der Waals surface area contributed by atoms with Crippen molar-refractivity contribution in [2.75, 3.05) is 11.9 Å². The number of hydrogen-bond acceptors (Lipinski definition) is 2. The van der Waals surface area contributed by atoms with Crippen LogP contribution in [0.3, 0.4) is 0 Å². The average molecular weight is 302 g/mol. The van der Waals surface area contributed by atoms with Gasteiger partial charge in [-0.1, -0.05) is 12.1 Å². The molecule has 0 saturated heterocycles. The number of hydrogen-bond donors (Lipinski definition) is 3. The van der Waals surface area contributed by atoms with E-state index in [-0.39, 0.29) is 11.9 Å². The van der Waals surface area contributed by atoms with E-state index in [1.807, 2.05) is 19.9 Å². The minimum Gasteiger partial charge on any atom is -0.370 e. The molecule has 1 aliphatic carbocycles. The third-order valence-corrected chi connectivity index (χ3v) is 3.73. The molecule has 4 N–H and O–H groups in total. The Kier molecular flexibility index (Phi) is 5.81. The van der Waals surface area contributed by atoms with E-state index >= 15 is 0 Å². The molecule has 0 radical (unpaired) electrons. The maximum Gasteiger partial charge on any atom is 0.222 e. The first kappa shape index (κ1) is 16.3. The molecular formula is C17H26N4O. The number of fused-ring (bicyclic) bond motifs is 1. The predicted molar refractivity (Wildman–Crippen MR) is 91.1 cm³/mol. The molecule has 5 heteroatoms. The molecule has 5 nitrogen and oxygen atoms in total. The zero-order valence-electron chi connectivity index (χ0n) is 13.5. The third kappa shape index (κ3) is 4.76. The monoisotopic (exact) mass is 302 g/mol. The second-order valence-electron chi connectivity index (χ2n) is 6.01. The first-order valence-corrected chi connectivity index (χ1v) is 8.03. The van der Waals surface area contributed by atoms with Crippen LogP contribution in [-0.4, -0.2) is 24.5 Å². The molecular weight excluding hydrogens is 276 g/mol. The average Bonchev–Trinajstić information content (AvgIpc) is 2.47. The highest BCUT2D eigenvalue weighted by Gasteiger charge is 2.13. The van der Waals surface area contributed by atoms with E-state index in [0.717, 1.165) is 18.5 Å². The van der Waals surface area contributed by atoms with Crippen molar-refractivity contribution in [3.05, 3.63) is 29.3 Å². The lowest BCUT2D eigenvalue weighted by Crippen LogP contribution is -2.31. The Hall–Kier alpha value is -2.04. The first-order valence-electron chi connectivity index (χ1n) is 8.03. The Labute approximate surface area is 132 Å². The Balaban J connectivity index is 1.90. The number of aryl methyl sites for hydroxylation is 1. The molecule has 0 unspecified atom stereocenters. The number of carbonyl (C=O) groups excluding carboxylic acids is 1. The molecule has 2 rings (SSSR count). The lowest BCUT2D eigenvalue weighted by Gasteiger charge is -2.19. The van der Waals surface area contributed by atoms with E-state index in [9.17, 15) is 4.79 Å². The van der Waals surface area contributed by atoms with Gasteiger partial charge < -0.3 is 16.4 Å². The Morgan fingerprint density at radius 3 is 2.86 bits per heavy atom. The highest BCUT2D eigenvalue weighted by atomic mass is 16.1. The molecule has 0 aliphatic heterocycles. The summed E-state index contributed by atoms with van der Waals surface area (Å²) in [5, 5.41) is 6.02. The highest BCUT2D eigenvalue weighted by Crippen LogP contribution is 2.27. The maximum atomic E-state index is 11.5. The Bertz CT molecular complexity index is 552. The lowest BCUT2D eigenvalue weighted by molar-refractivity contribution is -0.121. The van der Waals surface area contributed by atoms with Gasteiger partial charge in [0.15, 0.2) is 5.96 Å². The van der Waals surface area contributed by atoms with Crippen LogP contribution >= 0.6 is 0 Å². The van der Waals surface area contributed by atoms with Crippen LogP contribution < -0.4 is 16.4 Å². The quantitative estimate of drug-likeness (QED) is 0.576. The summed E-state index contributed by atoms with van der Waals surface area (Å²) in [5.74, 6) is 0.375. The number of nitrogens with one attached hydrogen (secondary N) is 2. The van der Waals surface area contributed by atoms with Crippen LogP contribution in [-0.2, 0) is 17.6 Å². The molecule has 0 fully saturated rings. The summed E-state index contributed by atoms with van der Waals surface area (Å²) in [6.07, 6.45) is 5.05. The smallest absolute Gasteiger partial charge is 0.222 e. The normalized spacial score (nSPS) is 14.6. The number of carbonyl (C=O) groups is 1. The number of nitrogens with two attached hydrogens (primary N) is 1. The van der Waals surface area contributed by atoms with Crippen molar-refractivity contribution in [3.8, 4) is 0 Å². The minimum atomic E-state index is 0.00337. The zero-order chi connectivity index (χ0) is 15.9. The van der Waals surface area contributed by atoms with Gasteiger partial charge in [0, 0.05) is 18.2 Å². The molecule has 0 aromatic heterocycles. The van der Waals surface area contributed by atoms with Gasteiger partial charge in [-0.15, -0.1) is 0 Å². The lowest BCUT2D eigenvalue weighted by atomic mass is 9.90. The minimum absolute atomic E-state index is 0.00337. The fourth-order valence-corrected chi connectivity index (χ4v) is 2.75. The van der Waals surface area contributed by atoms with E-state index in [2.05, 4.69) is 27.8 Å². The summed E-state index contributed by atoms with van der Waals surface area (Å²) in [6.45, 7) is 4.28. The SMILES string of the molecule is CC(C)NC(=O)CCN=C(N)Nc1cccc2c1CCCC2. The summed E-state index contributed by atoms with van der Waals surface area (Å²) in [4.78, 5) is 15.8. The van der Waals surface area contributed by atoms with Crippen LogP contribution in [0, 0.1) is 0 Å². The molecule has 120 valence electrons. The molecule has 0 heterocycles. The number of benzene rings is 1. The Morgan fingerprint density at radius 1 is 1.32 bits per heavy atom. The number of rotatable bonds is 5. The largest absolute Gasteiger partial charge is 0.370 e. The number of amides is 1. The molecule has 1 aliphatic rings. The number of anilines is 1. The van der Waals surface area contributed by atoms with Crippen molar-refractivity contribution >= 4 is 17.6 Å². The van der Waals surface area contributed by atoms with Gasteiger partial charge in [-0.2, -0.15) is 0 Å². The number of nitrogens with zero attached hydrogens (tertiary/aromatic N) is 1. The third-order valence-electron chi connectivity index (χ3n) is 3.73. The van der Waals surface area contributed by atoms with E-state index in [4.69, 9.17) is 5.73 Å². The fourth-order valence-electron chi connectivity index (χ4n) is 2.75. The second-order valence-corrected chi connectivity index (χ2v) is 6.01. The number of guanidine groups is 1. The highest BCUT2D eigenvalue weighted by molar-refractivity contribution is 5.93. The summed E-state index contributed by atoms with van der Waals surface area (Å²) < 4.78 is 0. The van der Waals surface area contributed by atoms with Crippen LogP contribution in [0.5, 0.6) is 0 Å². The molecule has 1 aromatic carbocycles. The van der Waals surface area contributed by atoms with Gasteiger partial charge in [0.2, 0.25) is 5.91 Å². The molecule has 0 spiro atoms. The molecule has 0 saturated carbocycles. The maximum absolute atomic E-state index is 11.5. The van der Waals surface area contributed by atoms with Gasteiger partial charge in [0.1, 0.15) is 0 Å². The van der Waals surface area contributed by atoms with Gasteiger partial charge in [0.05, 0.1) is 6.54 Å². The molecule has 1 amide bonds. The summed E-state index contributed by atoms with van der Waals surface area (Å²) in [7, 11) is 0. The summed E-state index contributed by atoms with van der Waals surface area (Å²) in [6, 6.07) is 6.43. The van der Waals surface area contributed by atoms with Crippen LogP contribution in [0.15, 0.2) is 23.2 Å². The van der Waals surface area contributed by atoms with Gasteiger partial charge >= 0.3 is 0 Å². The van der Waals surface area contributed by atoms with Gasteiger partial charge in [-0.05, 0) is 56.7 Å². The van der Waals surface area contributed by atoms with E-state index < -0.39 is 0 Å². The standard InChI is InChI=1S/C17H26N4O/c1-12(2)20-16(22)10-11-19-17(18)21-15-9-5-7-13-6-3-4-8-14(13)15/h5,7,9,12H,3-4,6,8,10-11H2,1-2H3,(H,20,22)(H3,18,19,21). The van der Waals surface area contributed by atoms with Gasteiger partial charge in [-0.25, -0.2) is 0 Å². The van der Waals surface area contributed by atoms with E-state index in [1.54, 1.807) is 0 Å². The van der Waals surface area contributed by atoms with Crippen LogP contribution in [0.2, 0.25) is 0 Å². The zero-order valence-corrected chi connectivity index (χ0v) is 13.5. The molecule has 0 bridgehead atoms. The van der Waals surface area contributed by atoms with Crippen LogP contribution in [0.1, 0.15) is 44.2 Å². The van der Waals surface area contributed by atoms with Gasteiger partial charge in [-0.3, -0.25) is 9.79 Å².